The van der Waals surface area contributed by atoms with Gasteiger partial charge in [-0.25, -0.2) is 4.98 Å². The molecule has 0 spiro atoms. The van der Waals surface area contributed by atoms with E-state index in [0.717, 1.165) is 84.9 Å². The van der Waals surface area contributed by atoms with Crippen molar-refractivity contribution in [2.75, 3.05) is 0 Å². The standard InChI is InChI=1S/C23H24S.C21H21NO.C20H26S.C19H24S2.C18H22O2.C17H20O2/c1-13-11-14(2)19-18(12-13)24-22-20(19)17-10-8-7-9-16(17)15(3)21(22)23(4,5)6;1-12-10-11-16-17-15-9-7-6-8-14(15)13(2)18(21(3,4)5)19(17)23-20(16)22-12;1-10-9-15-13(4)18(20(6,7)8)19-17(16(15)11(10)2)12(3)14(5)21-19;1-9-12(4)20-17-14(9)11(3)16(19(6,7)8)18-15(17)10(2)13(5)21-18;1-9-8-13-16-14(10(2)12(4)20-16)11(3)15(17(13)19-9)18(5,6)7;1-9-7-12-13-8-10(2)19-16(13)14(17(4,5)6)11(3)15(12)18-9/h7-12H,1-6H3;6-11H,1-5H3;9H2,1-8H3;1-8H3;8H,1-7H3;7-8H,1-6H3. The van der Waals surface area contributed by atoms with Crippen molar-refractivity contribution < 1.29 is 22.1 Å². The van der Waals surface area contributed by atoms with Crippen molar-refractivity contribution in [3.63, 3.8) is 0 Å². The summed E-state index contributed by atoms with van der Waals surface area (Å²) >= 11 is 7.92. The predicted molar refractivity (Wildman–Crippen MR) is 566 cm³/mol. The van der Waals surface area contributed by atoms with Gasteiger partial charge in [0.15, 0.2) is 0 Å². The summed E-state index contributed by atoms with van der Waals surface area (Å²) in [5.74, 6) is 3.83. The fourth-order valence-electron chi connectivity index (χ4n) is 21.9. The molecule has 1 aliphatic carbocycles. The van der Waals surface area contributed by atoms with Crippen molar-refractivity contribution in [2.45, 2.75) is 316 Å². The molecule has 0 fully saturated rings. The minimum atomic E-state index is 0.00921. The molecular weight excluding hydrogens is 1640 g/mol. The first-order chi connectivity index (χ1) is 59.4. The molecule has 10 aromatic heterocycles. The minimum Gasteiger partial charge on any atom is -0.461 e. The second-order valence-corrected chi connectivity index (χ2v) is 48.4. The van der Waals surface area contributed by atoms with E-state index in [2.05, 4.69) is 338 Å². The van der Waals surface area contributed by atoms with E-state index in [1.165, 1.54) is 197 Å². The highest BCUT2D eigenvalue weighted by molar-refractivity contribution is 7.26. The molecule has 128 heavy (non-hydrogen) atoms. The van der Waals surface area contributed by atoms with Crippen LogP contribution in [0.4, 0.5) is 0 Å². The second-order valence-electron chi connectivity index (χ2n) is 43.6. The molecule has 0 bridgehead atoms. The van der Waals surface area contributed by atoms with Gasteiger partial charge < -0.3 is 22.1 Å². The summed E-state index contributed by atoms with van der Waals surface area (Å²) in [4.78, 5) is 9.00. The fourth-order valence-corrected chi connectivity index (χ4v) is 27.9. The molecule has 0 radical (unpaired) electrons. The monoisotopic (exact) mass is 1780 g/mol. The number of aryl methyl sites for hydroxylation is 19. The third-order valence-electron chi connectivity index (χ3n) is 27.6. The van der Waals surface area contributed by atoms with E-state index in [1.807, 2.05) is 80.0 Å². The number of thiophene rings is 4. The third-order valence-corrected chi connectivity index (χ3v) is 32.4. The molecule has 9 aromatic carbocycles. The van der Waals surface area contributed by atoms with Gasteiger partial charge in [0.25, 0.3) is 0 Å². The molecule has 0 saturated carbocycles. The van der Waals surface area contributed by atoms with Crippen LogP contribution in [0.5, 0.6) is 0 Å². The van der Waals surface area contributed by atoms with E-state index in [9.17, 15) is 0 Å². The van der Waals surface area contributed by atoms with Gasteiger partial charge in [0.1, 0.15) is 51.0 Å². The molecule has 0 unspecified atom stereocenters. The number of nitrogens with zero attached hydrogens (tertiary/aromatic N) is 1. The van der Waals surface area contributed by atoms with Crippen LogP contribution in [0.2, 0.25) is 0 Å². The number of hydrogen-bond donors (Lipinski definition) is 0. The average molecular weight is 1780 g/mol. The SMILES string of the molecule is CC1=C(C)c2c(c(C)c(C(C)(C)C)c3sc(C)c(C)c23)C1.Cc1cc(C)c2c(c1)sc1c(C(C)(C)C)c(C)c3ccccc3c12.Cc1cc2c(o1)c(C(C)(C)C)c(C)c1c(C)c(C)oc12.Cc1cc2c(o1)c(C)c(C(C)(C)C)c1oc(C)cc12.Cc1ccc2c(n1)oc1c(C(C)(C)C)c(C)c3ccccc3c12.Cc1sc2c(c1C)c(C)c(C(C)(C)C)c1sc(C)c(C)c12. The Balaban J connectivity index is 0.000000118. The second kappa shape index (κ2) is 32.8. The summed E-state index contributed by atoms with van der Waals surface area (Å²) in [6, 6.07) is 32.7. The molecule has 0 atom stereocenters. The van der Waals surface area contributed by atoms with Gasteiger partial charge in [-0.15, -0.1) is 45.3 Å². The van der Waals surface area contributed by atoms with Crippen LogP contribution >= 0.6 is 45.3 Å². The lowest BCUT2D eigenvalue weighted by atomic mass is 9.79. The lowest BCUT2D eigenvalue weighted by Gasteiger charge is -2.25. The Morgan fingerprint density at radius 2 is 0.695 bits per heavy atom. The molecule has 6 nitrogen and oxygen atoms in total. The quantitative estimate of drug-likeness (QED) is 0.151. The zero-order chi connectivity index (χ0) is 93.7. The number of allylic oxidation sites excluding steroid dienone is 2. The number of aromatic nitrogens is 1. The maximum atomic E-state index is 6.27. The molecule has 0 amide bonds. The molecule has 1 aliphatic rings. The number of hydrogen-bond acceptors (Lipinski definition) is 10. The van der Waals surface area contributed by atoms with E-state index in [-0.39, 0.29) is 32.5 Å². The zero-order valence-corrected chi connectivity index (χ0v) is 87.8. The summed E-state index contributed by atoms with van der Waals surface area (Å²) in [5.41, 5.74) is 38.6. The number of benzene rings is 9. The van der Waals surface area contributed by atoms with E-state index in [4.69, 9.17) is 22.1 Å². The Morgan fingerprint density at radius 3 is 1.23 bits per heavy atom. The van der Waals surface area contributed by atoms with E-state index < -0.39 is 0 Å². The molecule has 668 valence electrons. The van der Waals surface area contributed by atoms with Crippen LogP contribution in [0.3, 0.4) is 0 Å². The fraction of sp³-hybridized carbons (Fsp3) is 0.398. The van der Waals surface area contributed by atoms with Crippen LogP contribution in [0.25, 0.3) is 143 Å². The van der Waals surface area contributed by atoms with Crippen LogP contribution in [0, 0.1) is 138 Å². The first-order valence-electron chi connectivity index (χ1n) is 46.0. The smallest absolute Gasteiger partial charge is 0.227 e. The van der Waals surface area contributed by atoms with Crippen molar-refractivity contribution in [3.05, 3.63) is 251 Å². The average Bonchev–Trinajstić information content (AvgIpc) is 1.53. The van der Waals surface area contributed by atoms with Gasteiger partial charge in [0.2, 0.25) is 5.71 Å². The molecule has 10 heterocycles. The summed E-state index contributed by atoms with van der Waals surface area (Å²) in [6.45, 7) is 89.6. The highest BCUT2D eigenvalue weighted by Crippen LogP contribution is 2.54. The van der Waals surface area contributed by atoms with Crippen LogP contribution in [0.15, 0.2) is 119 Å². The lowest BCUT2D eigenvalue weighted by molar-refractivity contribution is 0.535. The maximum Gasteiger partial charge on any atom is 0.227 e. The van der Waals surface area contributed by atoms with Crippen molar-refractivity contribution in [3.8, 4) is 0 Å². The minimum absolute atomic E-state index is 0.00921. The highest BCUT2D eigenvalue weighted by atomic mass is 32.1. The van der Waals surface area contributed by atoms with E-state index >= 15 is 0 Å². The molecule has 20 rings (SSSR count). The van der Waals surface area contributed by atoms with Crippen LogP contribution in [-0.4, -0.2) is 4.98 Å². The summed E-state index contributed by atoms with van der Waals surface area (Å²) in [7, 11) is 0. The zero-order valence-electron chi connectivity index (χ0n) is 84.5. The van der Waals surface area contributed by atoms with Crippen LogP contribution in [-0.2, 0) is 38.9 Å². The normalized spacial score (nSPS) is 13.1. The Kier molecular flexibility index (Phi) is 23.8. The summed E-state index contributed by atoms with van der Waals surface area (Å²) in [6.07, 6.45) is 1.14. The van der Waals surface area contributed by atoms with Gasteiger partial charge in [-0.3, -0.25) is 0 Å². The van der Waals surface area contributed by atoms with Gasteiger partial charge in [-0.05, 0) is 355 Å². The molecule has 19 aromatic rings. The Morgan fingerprint density at radius 1 is 0.281 bits per heavy atom. The van der Waals surface area contributed by atoms with Crippen molar-refractivity contribution in [1.82, 2.24) is 4.98 Å². The summed E-state index contributed by atoms with van der Waals surface area (Å²) < 4.78 is 37.6. The molecule has 10 heteroatoms. The van der Waals surface area contributed by atoms with E-state index in [0.29, 0.717) is 0 Å². The Bertz CT molecular complexity index is 7820. The lowest BCUT2D eigenvalue weighted by Crippen LogP contribution is -2.15. The third kappa shape index (κ3) is 15.8. The molecular formula is C118H137NO5S4. The first kappa shape index (κ1) is 93.1. The Labute approximate surface area is 777 Å². The highest BCUT2D eigenvalue weighted by Gasteiger charge is 2.35. The van der Waals surface area contributed by atoms with Gasteiger partial charge in [0, 0.05) is 109 Å². The van der Waals surface area contributed by atoms with Gasteiger partial charge in [-0.1, -0.05) is 185 Å². The van der Waals surface area contributed by atoms with Gasteiger partial charge in [-0.2, -0.15) is 0 Å². The molecule has 0 saturated heterocycles. The number of furan rings is 5. The topological polar surface area (TPSA) is 78.6 Å². The molecule has 0 N–H and O–H groups in total. The number of fused-ring (bicyclic) bond motifs is 22. The van der Waals surface area contributed by atoms with Gasteiger partial charge >= 0.3 is 0 Å². The number of rotatable bonds is 0. The predicted octanol–water partition coefficient (Wildman–Crippen LogP) is 38.0. The van der Waals surface area contributed by atoms with Crippen LogP contribution < -0.4 is 0 Å². The maximum absolute atomic E-state index is 6.27. The van der Waals surface area contributed by atoms with Crippen molar-refractivity contribution in [2.24, 2.45) is 0 Å². The van der Waals surface area contributed by atoms with Crippen LogP contribution in [0.1, 0.15) is 293 Å². The van der Waals surface area contributed by atoms with Crippen molar-refractivity contribution >= 4 is 189 Å². The number of pyridine rings is 1. The largest absolute Gasteiger partial charge is 0.461 e. The van der Waals surface area contributed by atoms with Crippen molar-refractivity contribution in [1.29, 1.82) is 0 Å². The Hall–Kier alpha value is -9.55. The molecule has 0 aliphatic heterocycles. The van der Waals surface area contributed by atoms with E-state index in [1.54, 1.807) is 27.8 Å². The summed E-state index contributed by atoms with van der Waals surface area (Å²) in [5, 5.41) is 19.8. The van der Waals surface area contributed by atoms with Gasteiger partial charge in [0.05, 0.1) is 5.39 Å². The first-order valence-corrected chi connectivity index (χ1v) is 49.3.